The van der Waals surface area contributed by atoms with Gasteiger partial charge in [-0.15, -0.1) is 13.2 Å². The molecule has 0 saturated carbocycles. The first kappa shape index (κ1) is 17.9. The van der Waals surface area contributed by atoms with Gasteiger partial charge in [0.15, 0.2) is 0 Å². The van der Waals surface area contributed by atoms with Gasteiger partial charge in [0.05, 0.1) is 32.5 Å². The first-order valence-corrected chi connectivity index (χ1v) is 8.52. The Morgan fingerprint density at radius 3 is 2.48 bits per heavy atom. The predicted molar refractivity (Wildman–Crippen MR) is 97.9 cm³/mol. The van der Waals surface area contributed by atoms with E-state index in [1.807, 2.05) is 6.20 Å². The van der Waals surface area contributed by atoms with Crippen LogP contribution in [0.5, 0.6) is 0 Å². The fourth-order valence-electron chi connectivity index (χ4n) is 2.52. The van der Waals surface area contributed by atoms with Crippen LogP contribution in [-0.2, 0) is 15.9 Å². The molecule has 0 atom stereocenters. The van der Waals surface area contributed by atoms with Crippen molar-refractivity contribution in [3.05, 3.63) is 53.8 Å². The summed E-state index contributed by atoms with van der Waals surface area (Å²) >= 11 is 3.50. The molecule has 2 rings (SSSR count). The Bertz CT molecular complexity index is 652. The van der Waals surface area contributed by atoms with Gasteiger partial charge in [0, 0.05) is 22.3 Å². The summed E-state index contributed by atoms with van der Waals surface area (Å²) in [4.78, 5) is 4.59. The third-order valence-corrected chi connectivity index (χ3v) is 4.02. The molecular weight excluding hydrogens is 356 g/mol. The highest BCUT2D eigenvalue weighted by atomic mass is 79.9. The van der Waals surface area contributed by atoms with Crippen LogP contribution < -0.4 is 0 Å². The van der Waals surface area contributed by atoms with E-state index in [1.165, 1.54) is 10.9 Å². The van der Waals surface area contributed by atoms with E-state index >= 15 is 0 Å². The summed E-state index contributed by atoms with van der Waals surface area (Å²) in [5, 5.41) is 1.17. The highest BCUT2D eigenvalue weighted by molar-refractivity contribution is 9.10. The second-order valence-corrected chi connectivity index (χ2v) is 6.16. The largest absolute Gasteiger partial charge is 0.375 e. The molecule has 0 radical (unpaired) electrons. The molecule has 2 aromatic heterocycles. The molecule has 0 unspecified atom stereocenters. The van der Waals surface area contributed by atoms with Gasteiger partial charge in [-0.05, 0) is 34.0 Å². The summed E-state index contributed by atoms with van der Waals surface area (Å²) in [5.74, 6) is 0. The second-order valence-electron chi connectivity index (χ2n) is 5.25. The van der Waals surface area contributed by atoms with Crippen LogP contribution in [0.15, 0.2) is 48.2 Å². The third-order valence-electron chi connectivity index (χ3n) is 3.58. The Morgan fingerprint density at radius 1 is 1.26 bits per heavy atom. The molecule has 0 aliphatic rings. The molecule has 4 nitrogen and oxygen atoms in total. The minimum absolute atomic E-state index is 0.0615. The number of ether oxygens (including phenoxy) is 2. The number of hydrogen-bond donors (Lipinski definition) is 0. The molecule has 0 saturated heterocycles. The average molecular weight is 379 g/mol. The normalized spacial score (nSPS) is 11.3. The van der Waals surface area contributed by atoms with Crippen molar-refractivity contribution in [1.29, 1.82) is 0 Å². The van der Waals surface area contributed by atoms with Gasteiger partial charge in [-0.2, -0.15) is 0 Å². The molecule has 2 heterocycles. The Hall–Kier alpha value is -1.43. The Balaban J connectivity index is 2.33. The highest BCUT2D eigenvalue weighted by Gasteiger charge is 2.17. The molecule has 0 fully saturated rings. The lowest BCUT2D eigenvalue weighted by molar-refractivity contribution is 0.0648. The van der Waals surface area contributed by atoms with Crippen molar-refractivity contribution in [2.75, 3.05) is 26.4 Å². The first-order valence-electron chi connectivity index (χ1n) is 7.73. The van der Waals surface area contributed by atoms with Crippen LogP contribution in [0.4, 0.5) is 0 Å². The zero-order valence-corrected chi connectivity index (χ0v) is 15.1. The van der Waals surface area contributed by atoms with E-state index in [1.54, 1.807) is 12.2 Å². The summed E-state index contributed by atoms with van der Waals surface area (Å²) < 4.78 is 14.5. The molecule has 0 amide bonds. The Labute approximate surface area is 145 Å². The Kier molecular flexibility index (Phi) is 7.02. The summed E-state index contributed by atoms with van der Waals surface area (Å²) in [6, 6.07) is 2.18. The van der Waals surface area contributed by atoms with E-state index < -0.39 is 0 Å². The minimum atomic E-state index is 0.0615. The van der Waals surface area contributed by atoms with Crippen LogP contribution in [0.3, 0.4) is 0 Å². The maximum atomic E-state index is 5.66. The fourth-order valence-corrected chi connectivity index (χ4v) is 2.85. The van der Waals surface area contributed by atoms with Crippen molar-refractivity contribution in [3.63, 3.8) is 0 Å². The van der Waals surface area contributed by atoms with E-state index in [4.69, 9.17) is 9.47 Å². The van der Waals surface area contributed by atoms with Crippen molar-refractivity contribution in [2.24, 2.45) is 0 Å². The zero-order chi connectivity index (χ0) is 16.7. The molecule has 0 aliphatic heterocycles. The molecule has 0 spiro atoms. The standard InChI is InChI=1S/C18H23BrN2O2/c1-4-7-22-12-16(13-23-8-5-2)21-11-14(6-3)17-9-15(19)10-20-18(17)21/h4-5,9-11,16H,1-2,6-8,12-13H2,3H3. The smallest absolute Gasteiger partial charge is 0.140 e. The molecule has 0 aliphatic carbocycles. The van der Waals surface area contributed by atoms with Gasteiger partial charge < -0.3 is 14.0 Å². The number of rotatable bonds is 10. The summed E-state index contributed by atoms with van der Waals surface area (Å²) in [7, 11) is 0. The molecule has 2 aromatic rings. The van der Waals surface area contributed by atoms with E-state index in [-0.39, 0.29) is 6.04 Å². The van der Waals surface area contributed by atoms with E-state index in [2.05, 4.69) is 57.8 Å². The van der Waals surface area contributed by atoms with Crippen LogP contribution in [0.1, 0.15) is 18.5 Å². The van der Waals surface area contributed by atoms with E-state index in [0.29, 0.717) is 26.4 Å². The monoisotopic (exact) mass is 378 g/mol. The molecule has 23 heavy (non-hydrogen) atoms. The Morgan fingerprint density at radius 2 is 1.91 bits per heavy atom. The topological polar surface area (TPSA) is 36.3 Å². The lowest BCUT2D eigenvalue weighted by Crippen LogP contribution is -2.21. The number of aryl methyl sites for hydroxylation is 1. The maximum absolute atomic E-state index is 5.66. The lowest BCUT2D eigenvalue weighted by atomic mass is 10.2. The van der Waals surface area contributed by atoms with Gasteiger partial charge in [-0.3, -0.25) is 0 Å². The minimum Gasteiger partial charge on any atom is -0.375 e. The quantitative estimate of drug-likeness (QED) is 0.456. The van der Waals surface area contributed by atoms with Gasteiger partial charge >= 0.3 is 0 Å². The second kappa shape index (κ2) is 9.01. The third kappa shape index (κ3) is 4.53. The summed E-state index contributed by atoms with van der Waals surface area (Å²) in [5.41, 5.74) is 2.23. The van der Waals surface area contributed by atoms with Gasteiger partial charge in [0.25, 0.3) is 0 Å². The number of aromatic nitrogens is 2. The number of nitrogens with zero attached hydrogens (tertiary/aromatic N) is 2. The predicted octanol–water partition coefficient (Wildman–Crippen LogP) is 4.31. The summed E-state index contributed by atoms with van der Waals surface area (Å²) in [6.07, 6.45) is 8.44. The van der Waals surface area contributed by atoms with Gasteiger partial charge in [-0.25, -0.2) is 4.98 Å². The molecule has 0 N–H and O–H groups in total. The van der Waals surface area contributed by atoms with Crippen LogP contribution in [-0.4, -0.2) is 36.0 Å². The maximum Gasteiger partial charge on any atom is 0.140 e. The van der Waals surface area contributed by atoms with Gasteiger partial charge in [0.1, 0.15) is 5.65 Å². The van der Waals surface area contributed by atoms with Gasteiger partial charge in [-0.1, -0.05) is 19.1 Å². The van der Waals surface area contributed by atoms with Crippen molar-refractivity contribution < 1.29 is 9.47 Å². The van der Waals surface area contributed by atoms with Gasteiger partial charge in [0.2, 0.25) is 0 Å². The lowest BCUT2D eigenvalue weighted by Gasteiger charge is -2.19. The van der Waals surface area contributed by atoms with Crippen LogP contribution >= 0.6 is 15.9 Å². The average Bonchev–Trinajstić information content (AvgIpc) is 2.91. The van der Waals surface area contributed by atoms with E-state index in [9.17, 15) is 0 Å². The zero-order valence-electron chi connectivity index (χ0n) is 13.5. The van der Waals surface area contributed by atoms with Crippen LogP contribution in [0.2, 0.25) is 0 Å². The number of halogens is 1. The van der Waals surface area contributed by atoms with Crippen molar-refractivity contribution in [3.8, 4) is 0 Å². The van der Waals surface area contributed by atoms with Crippen molar-refractivity contribution in [1.82, 2.24) is 9.55 Å². The SMILES string of the molecule is C=CCOCC(COCC=C)n1cc(CC)c2cc(Br)cnc21. The fraction of sp³-hybridized carbons (Fsp3) is 0.389. The van der Waals surface area contributed by atoms with Crippen molar-refractivity contribution in [2.45, 2.75) is 19.4 Å². The summed E-state index contributed by atoms with van der Waals surface area (Å²) in [6.45, 7) is 11.7. The highest BCUT2D eigenvalue weighted by Crippen LogP contribution is 2.26. The molecule has 124 valence electrons. The molecule has 0 aromatic carbocycles. The number of hydrogen-bond acceptors (Lipinski definition) is 3. The molecule has 0 bridgehead atoms. The number of pyridine rings is 1. The molecular formula is C18H23BrN2O2. The van der Waals surface area contributed by atoms with Crippen molar-refractivity contribution >= 4 is 27.0 Å². The number of fused-ring (bicyclic) bond motifs is 1. The first-order chi connectivity index (χ1) is 11.2. The molecule has 5 heteroatoms. The van der Waals surface area contributed by atoms with Crippen LogP contribution in [0.25, 0.3) is 11.0 Å². The van der Waals surface area contributed by atoms with Crippen LogP contribution in [0, 0.1) is 0 Å². The van der Waals surface area contributed by atoms with E-state index in [0.717, 1.165) is 16.5 Å².